The van der Waals surface area contributed by atoms with Gasteiger partial charge in [0, 0.05) is 46.9 Å². The molecule has 3 heterocycles. The smallest absolute Gasteiger partial charge is 0.270 e. The topological polar surface area (TPSA) is 69.7 Å². The molecular weight excluding hydrogens is 420 g/mol. The quantitative estimate of drug-likeness (QED) is 0.638. The average molecular weight is 439 g/mol. The van der Waals surface area contributed by atoms with Gasteiger partial charge in [0.1, 0.15) is 5.69 Å². The first-order valence-corrected chi connectivity index (χ1v) is 10.1. The molecule has 7 heteroatoms. The maximum atomic E-state index is 12.9. The molecule has 1 spiro atoms. The van der Waals surface area contributed by atoms with Crippen molar-refractivity contribution in [3.8, 4) is 0 Å². The maximum Gasteiger partial charge on any atom is 0.270 e. The zero-order chi connectivity index (χ0) is 19.1. The number of fused-ring (bicyclic) bond motifs is 1. The minimum atomic E-state index is -0.602. The fourth-order valence-corrected chi connectivity index (χ4v) is 4.18. The third kappa shape index (κ3) is 3.10. The van der Waals surface area contributed by atoms with Crippen LogP contribution in [0.5, 0.6) is 0 Å². The van der Waals surface area contributed by atoms with Crippen LogP contribution in [0, 0.1) is 0 Å². The number of nitrogens with zero attached hydrogens (tertiary/aromatic N) is 2. The van der Waals surface area contributed by atoms with Crippen molar-refractivity contribution in [2.75, 3.05) is 13.1 Å². The van der Waals surface area contributed by atoms with E-state index in [0.717, 1.165) is 26.8 Å². The molecule has 2 N–H and O–H groups in total. The number of hydroxylamine groups is 1. The molecule has 0 radical (unpaired) electrons. The van der Waals surface area contributed by atoms with Crippen molar-refractivity contribution in [1.29, 1.82) is 0 Å². The summed E-state index contributed by atoms with van der Waals surface area (Å²) in [5.74, 6) is 0.755. The number of piperidine rings is 1. The third-order valence-electron chi connectivity index (χ3n) is 5.34. The lowest BCUT2D eigenvalue weighted by atomic mass is 10.0. The normalized spacial score (nSPS) is 18.3. The van der Waals surface area contributed by atoms with Gasteiger partial charge in [0.15, 0.2) is 11.6 Å². The number of aliphatic imine (C=N–C) groups is 1. The molecule has 0 saturated carbocycles. The van der Waals surface area contributed by atoms with Gasteiger partial charge >= 0.3 is 0 Å². The van der Waals surface area contributed by atoms with E-state index < -0.39 is 5.72 Å². The Hall–Kier alpha value is -2.64. The largest absolute Gasteiger partial charge is 0.351 e. The number of benzene rings is 2. The lowest BCUT2D eigenvalue weighted by molar-refractivity contribution is -0.0850. The second kappa shape index (κ2) is 6.76. The molecule has 2 aromatic carbocycles. The van der Waals surface area contributed by atoms with Crippen LogP contribution < -0.4 is 5.48 Å². The van der Waals surface area contributed by atoms with Crippen LogP contribution in [0.15, 0.2) is 64.1 Å². The summed E-state index contributed by atoms with van der Waals surface area (Å²) < 4.78 is 0.995. The third-order valence-corrected chi connectivity index (χ3v) is 5.84. The highest BCUT2D eigenvalue weighted by molar-refractivity contribution is 9.10. The van der Waals surface area contributed by atoms with E-state index in [9.17, 15) is 4.79 Å². The molecule has 0 atom stereocenters. The Morgan fingerprint density at radius 2 is 1.93 bits per heavy atom. The van der Waals surface area contributed by atoms with E-state index in [1.165, 1.54) is 0 Å². The minimum absolute atomic E-state index is 0.0215. The molecule has 5 rings (SSSR count). The van der Waals surface area contributed by atoms with Crippen molar-refractivity contribution in [1.82, 2.24) is 15.4 Å². The monoisotopic (exact) mass is 438 g/mol. The average Bonchev–Trinajstić information content (AvgIpc) is 3.33. The Labute approximate surface area is 170 Å². The van der Waals surface area contributed by atoms with Gasteiger partial charge < -0.3 is 9.88 Å². The van der Waals surface area contributed by atoms with Gasteiger partial charge in [0.05, 0.1) is 0 Å². The second-order valence-corrected chi connectivity index (χ2v) is 8.10. The van der Waals surface area contributed by atoms with E-state index >= 15 is 0 Å². The number of carbonyl (C=O) groups excluding carboxylic acids is 1. The van der Waals surface area contributed by atoms with Crippen LogP contribution in [0.1, 0.15) is 28.9 Å². The number of amidine groups is 1. The van der Waals surface area contributed by atoms with E-state index in [0.29, 0.717) is 31.6 Å². The number of hydrogen-bond acceptors (Lipinski definition) is 4. The van der Waals surface area contributed by atoms with Crippen LogP contribution in [-0.4, -0.2) is 40.4 Å². The highest BCUT2D eigenvalue weighted by Crippen LogP contribution is 2.32. The fourth-order valence-electron chi connectivity index (χ4n) is 3.78. The molecule has 2 aliphatic heterocycles. The van der Waals surface area contributed by atoms with Crippen molar-refractivity contribution < 1.29 is 9.63 Å². The summed E-state index contributed by atoms with van der Waals surface area (Å²) >= 11 is 3.48. The molecule has 1 amide bonds. The number of H-pyrrole nitrogens is 1. The van der Waals surface area contributed by atoms with Gasteiger partial charge in [-0.1, -0.05) is 46.3 Å². The first-order valence-electron chi connectivity index (χ1n) is 9.29. The lowest BCUT2D eigenvalue weighted by Crippen LogP contribution is -2.46. The van der Waals surface area contributed by atoms with Crippen molar-refractivity contribution in [2.45, 2.75) is 18.6 Å². The lowest BCUT2D eigenvalue weighted by Gasteiger charge is -2.35. The van der Waals surface area contributed by atoms with E-state index in [-0.39, 0.29) is 5.91 Å². The summed E-state index contributed by atoms with van der Waals surface area (Å²) in [5.41, 5.74) is 4.95. The zero-order valence-corrected chi connectivity index (χ0v) is 16.7. The molecule has 0 unspecified atom stereocenters. The summed E-state index contributed by atoms with van der Waals surface area (Å²) in [6, 6.07) is 17.8. The van der Waals surface area contributed by atoms with E-state index in [4.69, 9.17) is 9.83 Å². The van der Waals surface area contributed by atoms with Crippen LogP contribution >= 0.6 is 15.9 Å². The number of aromatic nitrogens is 1. The van der Waals surface area contributed by atoms with Gasteiger partial charge in [0.25, 0.3) is 5.91 Å². The number of likely N-dealkylation sites (tertiary alicyclic amines) is 1. The summed E-state index contributed by atoms with van der Waals surface area (Å²) in [6.45, 7) is 1.20. The Kier molecular flexibility index (Phi) is 4.21. The van der Waals surface area contributed by atoms with Gasteiger partial charge in [-0.2, -0.15) is 0 Å². The molecule has 142 valence electrons. The number of halogens is 1. The summed E-state index contributed by atoms with van der Waals surface area (Å²) in [6.07, 6.45) is 1.31. The van der Waals surface area contributed by atoms with Crippen LogP contribution in [0.25, 0.3) is 10.9 Å². The number of hydrogen-bond donors (Lipinski definition) is 2. The Balaban J connectivity index is 1.30. The Morgan fingerprint density at radius 1 is 1.11 bits per heavy atom. The molecule has 0 aliphatic carbocycles. The van der Waals surface area contributed by atoms with Crippen LogP contribution in [-0.2, 0) is 4.84 Å². The van der Waals surface area contributed by atoms with Crippen molar-refractivity contribution in [3.05, 3.63) is 70.3 Å². The van der Waals surface area contributed by atoms with E-state index in [1.54, 1.807) is 0 Å². The molecule has 1 fully saturated rings. The predicted molar refractivity (Wildman–Crippen MR) is 111 cm³/mol. The Morgan fingerprint density at radius 3 is 2.71 bits per heavy atom. The van der Waals surface area contributed by atoms with E-state index in [1.807, 2.05) is 59.5 Å². The highest BCUT2D eigenvalue weighted by Gasteiger charge is 2.41. The molecule has 1 aromatic heterocycles. The first-order chi connectivity index (χ1) is 13.6. The van der Waals surface area contributed by atoms with E-state index in [2.05, 4.69) is 26.4 Å². The number of nitrogens with one attached hydrogen (secondary N) is 2. The Bertz CT molecular complexity index is 1050. The standard InChI is InChI=1S/C21H19BrN4O2/c22-16-6-3-5-15(12-16)19-24-21(28-25-19)8-10-26(11-9-21)20(27)18-13-14-4-1-2-7-17(14)23-18/h1-7,12-13,23H,8-11H2,(H,24,25). The number of rotatable bonds is 2. The molecule has 28 heavy (non-hydrogen) atoms. The highest BCUT2D eigenvalue weighted by atomic mass is 79.9. The number of carbonyl (C=O) groups is 1. The van der Waals surface area contributed by atoms with Gasteiger partial charge in [-0.05, 0) is 24.3 Å². The molecule has 6 nitrogen and oxygen atoms in total. The van der Waals surface area contributed by atoms with Gasteiger partial charge in [-0.15, -0.1) is 0 Å². The zero-order valence-electron chi connectivity index (χ0n) is 15.1. The van der Waals surface area contributed by atoms with Gasteiger partial charge in [0.2, 0.25) is 0 Å². The van der Waals surface area contributed by atoms with Crippen molar-refractivity contribution >= 4 is 38.6 Å². The summed E-state index contributed by atoms with van der Waals surface area (Å²) in [7, 11) is 0. The molecule has 1 saturated heterocycles. The molecule has 2 aliphatic rings. The molecular formula is C21H19BrN4O2. The number of aromatic amines is 1. The predicted octanol–water partition coefficient (Wildman–Crippen LogP) is 3.84. The number of amides is 1. The van der Waals surface area contributed by atoms with Gasteiger partial charge in [-0.25, -0.2) is 15.3 Å². The minimum Gasteiger partial charge on any atom is -0.351 e. The van der Waals surface area contributed by atoms with Gasteiger partial charge in [-0.3, -0.25) is 4.79 Å². The summed E-state index contributed by atoms with van der Waals surface area (Å²) in [5, 5.41) is 1.05. The summed E-state index contributed by atoms with van der Waals surface area (Å²) in [4.78, 5) is 28.6. The second-order valence-electron chi connectivity index (χ2n) is 7.18. The van der Waals surface area contributed by atoms with Crippen LogP contribution in [0.3, 0.4) is 0 Å². The van der Waals surface area contributed by atoms with Crippen molar-refractivity contribution in [3.63, 3.8) is 0 Å². The first kappa shape index (κ1) is 17.5. The molecule has 3 aromatic rings. The fraction of sp³-hybridized carbons (Fsp3) is 0.238. The van der Waals surface area contributed by atoms with Crippen LogP contribution in [0.4, 0.5) is 0 Å². The maximum absolute atomic E-state index is 12.9. The SMILES string of the molecule is O=C(c1cc2ccccc2[nH]1)N1CCC2(CC1)N=C(c1cccc(Br)c1)NO2. The van der Waals surface area contributed by atoms with Crippen molar-refractivity contribution in [2.24, 2.45) is 4.99 Å². The molecule has 0 bridgehead atoms. The number of para-hydroxylation sites is 1. The van der Waals surface area contributed by atoms with Crippen LogP contribution in [0.2, 0.25) is 0 Å².